The largest absolute Gasteiger partial charge is 0.300 e. The number of rotatable bonds is 4. The van der Waals surface area contributed by atoms with Crippen LogP contribution >= 0.6 is 8.81 Å². The van der Waals surface area contributed by atoms with E-state index in [9.17, 15) is 8.42 Å². The molecule has 0 aliphatic rings. The molecule has 0 radical (unpaired) electrons. The second-order valence-electron chi connectivity index (χ2n) is 3.32. The highest BCUT2D eigenvalue weighted by atomic mass is 32.2. The van der Waals surface area contributed by atoms with Crippen molar-refractivity contribution in [3.05, 3.63) is 60.7 Å². The Balaban J connectivity index is 2.09. The van der Waals surface area contributed by atoms with Crippen LogP contribution in [0.2, 0.25) is 0 Å². The molecular formula is C12H11O3PS. The van der Waals surface area contributed by atoms with Crippen LogP contribution in [-0.4, -0.2) is 8.42 Å². The summed E-state index contributed by atoms with van der Waals surface area (Å²) in [7, 11) is -3.85. The van der Waals surface area contributed by atoms with Crippen LogP contribution in [0.15, 0.2) is 65.6 Å². The van der Waals surface area contributed by atoms with Gasteiger partial charge >= 0.3 is 0 Å². The van der Waals surface area contributed by atoms with Crippen LogP contribution in [0, 0.1) is 0 Å². The van der Waals surface area contributed by atoms with Gasteiger partial charge in [0.2, 0.25) is 0 Å². The minimum absolute atomic E-state index is 0.184. The zero-order valence-electron chi connectivity index (χ0n) is 8.91. The molecule has 0 spiro atoms. The van der Waals surface area contributed by atoms with Crippen molar-refractivity contribution in [2.45, 2.75) is 4.90 Å². The zero-order chi connectivity index (χ0) is 12.1. The Morgan fingerprint density at radius 1 is 0.824 bits per heavy atom. The molecule has 0 aromatic heterocycles. The maximum Gasteiger partial charge on any atom is 0.300 e. The summed E-state index contributed by atoms with van der Waals surface area (Å²) < 4.78 is 28.6. The van der Waals surface area contributed by atoms with Crippen molar-refractivity contribution in [1.29, 1.82) is 0 Å². The molecule has 5 heteroatoms. The van der Waals surface area contributed by atoms with Crippen LogP contribution in [0.25, 0.3) is 0 Å². The van der Waals surface area contributed by atoms with Gasteiger partial charge in [0, 0.05) is 5.30 Å². The molecule has 2 aromatic rings. The van der Waals surface area contributed by atoms with Gasteiger partial charge in [0.15, 0.2) is 0 Å². The fraction of sp³-hybridized carbons (Fsp3) is 0. The first kappa shape index (κ1) is 12.2. The molecule has 0 aliphatic heterocycles. The monoisotopic (exact) mass is 266 g/mol. The molecule has 2 aromatic carbocycles. The summed E-state index contributed by atoms with van der Waals surface area (Å²) in [5.74, 6) is 0. The van der Waals surface area contributed by atoms with Crippen molar-refractivity contribution < 1.29 is 12.4 Å². The maximum absolute atomic E-state index is 11.8. The van der Waals surface area contributed by atoms with E-state index in [4.69, 9.17) is 3.97 Å². The first-order valence-electron chi connectivity index (χ1n) is 4.98. The number of hydrogen-bond donors (Lipinski definition) is 0. The molecule has 0 saturated carbocycles. The molecule has 0 N–H and O–H groups in total. The molecule has 0 saturated heterocycles. The van der Waals surface area contributed by atoms with Crippen molar-refractivity contribution in [3.8, 4) is 0 Å². The molecule has 3 nitrogen and oxygen atoms in total. The molecule has 17 heavy (non-hydrogen) atoms. The van der Waals surface area contributed by atoms with Gasteiger partial charge in [-0.15, -0.1) is 0 Å². The topological polar surface area (TPSA) is 43.4 Å². The Kier molecular flexibility index (Phi) is 3.89. The van der Waals surface area contributed by atoms with E-state index in [1.54, 1.807) is 18.2 Å². The molecule has 2 rings (SSSR count). The first-order chi connectivity index (χ1) is 8.18. The van der Waals surface area contributed by atoms with Gasteiger partial charge in [-0.1, -0.05) is 48.5 Å². The molecule has 0 fully saturated rings. The lowest BCUT2D eigenvalue weighted by atomic mass is 10.4. The fourth-order valence-corrected chi connectivity index (χ4v) is 3.27. The Morgan fingerprint density at radius 3 is 1.94 bits per heavy atom. The molecule has 0 heterocycles. The van der Waals surface area contributed by atoms with E-state index in [2.05, 4.69) is 0 Å². The van der Waals surface area contributed by atoms with Gasteiger partial charge in [-0.3, -0.25) is 0 Å². The lowest BCUT2D eigenvalue weighted by Gasteiger charge is -2.04. The van der Waals surface area contributed by atoms with Crippen molar-refractivity contribution in [1.82, 2.24) is 0 Å². The first-order valence-corrected chi connectivity index (χ1v) is 7.30. The predicted molar refractivity (Wildman–Crippen MR) is 69.1 cm³/mol. The van der Waals surface area contributed by atoms with E-state index in [-0.39, 0.29) is 13.7 Å². The fourth-order valence-electron chi connectivity index (χ4n) is 1.24. The standard InChI is InChI=1S/C12H11O3PS/c13-17(14,12-9-5-2-6-10-12)15-16-11-7-3-1-4-8-11/h1-10,16H. The molecule has 0 aliphatic carbocycles. The summed E-state index contributed by atoms with van der Waals surface area (Å²) in [6.45, 7) is 0. The van der Waals surface area contributed by atoms with Crippen molar-refractivity contribution in [3.63, 3.8) is 0 Å². The van der Waals surface area contributed by atoms with Gasteiger partial charge in [0.1, 0.15) is 0 Å². The summed E-state index contributed by atoms with van der Waals surface area (Å²) in [6.07, 6.45) is 0. The highest BCUT2D eigenvalue weighted by molar-refractivity contribution is 7.90. The highest BCUT2D eigenvalue weighted by Gasteiger charge is 2.14. The van der Waals surface area contributed by atoms with E-state index in [1.807, 2.05) is 30.3 Å². The smallest absolute Gasteiger partial charge is 0.242 e. The van der Waals surface area contributed by atoms with Crippen LogP contribution < -0.4 is 5.30 Å². The van der Waals surface area contributed by atoms with Crippen LogP contribution in [0.3, 0.4) is 0 Å². The number of hydrogen-bond acceptors (Lipinski definition) is 3. The van der Waals surface area contributed by atoms with E-state index in [0.29, 0.717) is 0 Å². The van der Waals surface area contributed by atoms with Gasteiger partial charge in [-0.05, 0) is 12.1 Å². The second kappa shape index (κ2) is 5.41. The van der Waals surface area contributed by atoms with Gasteiger partial charge in [-0.25, -0.2) is 3.97 Å². The highest BCUT2D eigenvalue weighted by Crippen LogP contribution is 2.21. The van der Waals surface area contributed by atoms with E-state index in [0.717, 1.165) is 5.30 Å². The Morgan fingerprint density at radius 2 is 1.35 bits per heavy atom. The zero-order valence-corrected chi connectivity index (χ0v) is 10.7. The van der Waals surface area contributed by atoms with Crippen molar-refractivity contribution in [2.75, 3.05) is 0 Å². The van der Waals surface area contributed by atoms with E-state index >= 15 is 0 Å². The van der Waals surface area contributed by atoms with Crippen LogP contribution in [0.1, 0.15) is 0 Å². The third kappa shape index (κ3) is 3.37. The predicted octanol–water partition coefficient (Wildman–Crippen LogP) is 2.31. The van der Waals surface area contributed by atoms with E-state index in [1.165, 1.54) is 12.1 Å². The quantitative estimate of drug-likeness (QED) is 0.798. The average Bonchev–Trinajstić information content (AvgIpc) is 2.39. The second-order valence-corrected chi connectivity index (χ2v) is 6.15. The molecule has 1 atom stereocenters. The summed E-state index contributed by atoms with van der Waals surface area (Å²) in [5.41, 5.74) is 0. The van der Waals surface area contributed by atoms with Crippen molar-refractivity contribution >= 4 is 24.2 Å². The summed E-state index contributed by atoms with van der Waals surface area (Å²) >= 11 is 0. The van der Waals surface area contributed by atoms with Gasteiger partial charge in [0.05, 0.1) is 13.7 Å². The molecule has 0 amide bonds. The molecule has 1 unspecified atom stereocenters. The summed E-state index contributed by atoms with van der Waals surface area (Å²) in [4.78, 5) is 0.184. The Bertz CT molecular complexity index is 567. The minimum atomic E-state index is -3.65. The number of benzene rings is 2. The normalized spacial score (nSPS) is 12.0. The third-order valence-electron chi connectivity index (χ3n) is 2.07. The van der Waals surface area contributed by atoms with Crippen molar-refractivity contribution in [2.24, 2.45) is 0 Å². The Hall–Kier alpha value is -1.22. The molecule has 0 bridgehead atoms. The summed E-state index contributed by atoms with van der Waals surface area (Å²) in [5, 5.41) is 0.854. The molecule has 88 valence electrons. The van der Waals surface area contributed by atoms with Gasteiger partial charge in [-0.2, -0.15) is 8.42 Å². The lowest BCUT2D eigenvalue weighted by molar-refractivity contribution is 0.515. The lowest BCUT2D eigenvalue weighted by Crippen LogP contribution is -2.03. The minimum Gasteiger partial charge on any atom is -0.242 e. The molecular weight excluding hydrogens is 255 g/mol. The summed E-state index contributed by atoms with van der Waals surface area (Å²) in [6, 6.07) is 17.4. The van der Waals surface area contributed by atoms with Gasteiger partial charge < -0.3 is 0 Å². The third-order valence-corrected chi connectivity index (χ3v) is 4.70. The van der Waals surface area contributed by atoms with Crippen LogP contribution in [-0.2, 0) is 14.1 Å². The Labute approximate surface area is 102 Å². The van der Waals surface area contributed by atoms with Gasteiger partial charge in [0.25, 0.3) is 10.1 Å². The maximum atomic E-state index is 11.8. The SMILES string of the molecule is O=S(=O)(OPc1ccccc1)c1ccccc1. The average molecular weight is 266 g/mol. The van der Waals surface area contributed by atoms with E-state index < -0.39 is 10.1 Å². The van der Waals surface area contributed by atoms with Crippen LogP contribution in [0.4, 0.5) is 0 Å². The van der Waals surface area contributed by atoms with Crippen LogP contribution in [0.5, 0.6) is 0 Å².